The molecule has 0 aromatic carbocycles. The number of hydrogen-bond donors (Lipinski definition) is 1. The zero-order valence-corrected chi connectivity index (χ0v) is 12.4. The van der Waals surface area contributed by atoms with Crippen molar-refractivity contribution >= 4 is 8.32 Å². The maximum atomic E-state index is 8.90. The summed E-state index contributed by atoms with van der Waals surface area (Å²) >= 11 is 0. The van der Waals surface area contributed by atoms with Gasteiger partial charge in [-0.1, -0.05) is 27.7 Å². The lowest BCUT2D eigenvalue weighted by atomic mass is 10.0. The van der Waals surface area contributed by atoms with E-state index in [4.69, 9.17) is 9.53 Å². The zero-order chi connectivity index (χ0) is 12.3. The summed E-state index contributed by atoms with van der Waals surface area (Å²) in [7, 11) is -1.64. The van der Waals surface area contributed by atoms with E-state index in [1.807, 2.05) is 0 Å². The Hall–Kier alpha value is 0.137. The quantitative estimate of drug-likeness (QED) is 0.736. The fraction of sp³-hybridized carbons (Fsp3) is 1.00. The number of aliphatic hydroxyl groups is 1. The van der Waals surface area contributed by atoms with Crippen LogP contribution >= 0.6 is 0 Å². The van der Waals surface area contributed by atoms with E-state index in [-0.39, 0.29) is 17.7 Å². The average Bonchev–Trinajstić information content (AvgIpc) is 2.01. The average molecular weight is 232 g/mol. The summed E-state index contributed by atoms with van der Waals surface area (Å²) in [6.45, 7) is 15.8. The van der Waals surface area contributed by atoms with E-state index in [0.717, 1.165) is 6.42 Å². The van der Waals surface area contributed by atoms with E-state index in [2.05, 4.69) is 47.7 Å². The van der Waals surface area contributed by atoms with Crippen molar-refractivity contribution in [3.8, 4) is 0 Å². The Morgan fingerprint density at radius 1 is 1.20 bits per heavy atom. The van der Waals surface area contributed by atoms with Crippen molar-refractivity contribution < 1.29 is 9.53 Å². The normalized spacial score (nSPS) is 17.6. The van der Waals surface area contributed by atoms with E-state index in [9.17, 15) is 0 Å². The van der Waals surface area contributed by atoms with E-state index in [1.54, 1.807) is 0 Å². The maximum Gasteiger partial charge on any atom is 0.192 e. The number of rotatable bonds is 5. The van der Waals surface area contributed by atoms with Crippen LogP contribution in [-0.4, -0.2) is 26.1 Å². The molecule has 0 fully saturated rings. The highest BCUT2D eigenvalue weighted by molar-refractivity contribution is 6.74. The predicted octanol–water partition coefficient (Wildman–Crippen LogP) is 3.42. The van der Waals surface area contributed by atoms with Crippen molar-refractivity contribution in [1.29, 1.82) is 0 Å². The van der Waals surface area contributed by atoms with Gasteiger partial charge in [0, 0.05) is 12.7 Å². The van der Waals surface area contributed by atoms with Gasteiger partial charge in [-0.3, -0.25) is 0 Å². The topological polar surface area (TPSA) is 29.5 Å². The van der Waals surface area contributed by atoms with Crippen LogP contribution in [0.4, 0.5) is 0 Å². The molecule has 0 aromatic rings. The highest BCUT2D eigenvalue weighted by Crippen LogP contribution is 2.38. The standard InChI is InChI=1S/C12H28O2Si/c1-10(8-9-13)11(2)14-15(6,7)12(3,4)5/h10-11,13H,8-9H2,1-7H3/t10-,11+/m0/s1. The molecule has 0 spiro atoms. The third-order valence-electron chi connectivity index (χ3n) is 3.67. The van der Waals surface area contributed by atoms with Crippen LogP contribution in [-0.2, 0) is 4.43 Å². The van der Waals surface area contributed by atoms with Gasteiger partial charge in [0.05, 0.1) is 0 Å². The predicted molar refractivity (Wildman–Crippen MR) is 68.6 cm³/mol. The Morgan fingerprint density at radius 2 is 1.67 bits per heavy atom. The van der Waals surface area contributed by atoms with Crippen molar-refractivity contribution in [2.45, 2.75) is 65.3 Å². The molecule has 1 N–H and O–H groups in total. The molecular weight excluding hydrogens is 204 g/mol. The van der Waals surface area contributed by atoms with E-state index < -0.39 is 8.32 Å². The molecule has 0 aliphatic rings. The molecule has 0 amide bonds. The second kappa shape index (κ2) is 5.46. The van der Waals surface area contributed by atoms with Crippen LogP contribution in [0.5, 0.6) is 0 Å². The fourth-order valence-electron chi connectivity index (χ4n) is 1.20. The van der Waals surface area contributed by atoms with Gasteiger partial charge in [0.25, 0.3) is 0 Å². The molecule has 0 aliphatic heterocycles. The molecule has 15 heavy (non-hydrogen) atoms. The first kappa shape index (κ1) is 15.1. The van der Waals surface area contributed by atoms with Crippen molar-refractivity contribution in [2.75, 3.05) is 6.61 Å². The Labute approximate surface area is 96.2 Å². The van der Waals surface area contributed by atoms with Crippen molar-refractivity contribution in [3.05, 3.63) is 0 Å². The molecule has 0 rings (SSSR count). The third kappa shape index (κ3) is 4.66. The number of aliphatic hydroxyl groups excluding tert-OH is 1. The minimum atomic E-state index is -1.64. The minimum absolute atomic E-state index is 0.248. The summed E-state index contributed by atoms with van der Waals surface area (Å²) in [4.78, 5) is 0. The molecule has 0 saturated carbocycles. The van der Waals surface area contributed by atoms with E-state index >= 15 is 0 Å². The molecule has 0 unspecified atom stereocenters. The van der Waals surface area contributed by atoms with Crippen molar-refractivity contribution in [3.63, 3.8) is 0 Å². The second-order valence-corrected chi connectivity index (χ2v) is 10.8. The summed E-state index contributed by atoms with van der Waals surface area (Å²) in [5.74, 6) is 0.434. The summed E-state index contributed by atoms with van der Waals surface area (Å²) < 4.78 is 6.24. The number of hydrogen-bond acceptors (Lipinski definition) is 2. The summed E-state index contributed by atoms with van der Waals surface area (Å²) in [6, 6.07) is 0. The Bertz CT molecular complexity index is 185. The van der Waals surface area contributed by atoms with Gasteiger partial charge in [0.2, 0.25) is 0 Å². The Balaban J connectivity index is 4.33. The largest absolute Gasteiger partial charge is 0.414 e. The van der Waals surface area contributed by atoms with Crippen LogP contribution in [0.3, 0.4) is 0 Å². The van der Waals surface area contributed by atoms with Crippen LogP contribution in [0.15, 0.2) is 0 Å². The third-order valence-corrected chi connectivity index (χ3v) is 8.25. The molecule has 2 atom stereocenters. The highest BCUT2D eigenvalue weighted by Gasteiger charge is 2.38. The second-order valence-electron chi connectivity index (χ2n) is 6.07. The highest BCUT2D eigenvalue weighted by atomic mass is 28.4. The van der Waals surface area contributed by atoms with Gasteiger partial charge >= 0.3 is 0 Å². The Morgan fingerprint density at radius 3 is 2.00 bits per heavy atom. The van der Waals surface area contributed by atoms with Crippen LogP contribution in [0, 0.1) is 5.92 Å². The van der Waals surface area contributed by atoms with E-state index in [1.165, 1.54) is 0 Å². The molecule has 3 heteroatoms. The molecule has 0 bridgehead atoms. The van der Waals surface area contributed by atoms with Crippen molar-refractivity contribution in [2.24, 2.45) is 5.92 Å². The van der Waals surface area contributed by atoms with Crippen LogP contribution < -0.4 is 0 Å². The lowest BCUT2D eigenvalue weighted by Gasteiger charge is -2.39. The summed E-state index contributed by atoms with van der Waals surface area (Å²) in [6.07, 6.45) is 1.08. The monoisotopic (exact) mass is 232 g/mol. The van der Waals surface area contributed by atoms with Gasteiger partial charge in [0.1, 0.15) is 0 Å². The molecule has 92 valence electrons. The van der Waals surface area contributed by atoms with Crippen LogP contribution in [0.1, 0.15) is 41.0 Å². The van der Waals surface area contributed by atoms with Gasteiger partial charge in [-0.15, -0.1) is 0 Å². The first-order valence-electron chi connectivity index (χ1n) is 5.90. The molecule has 0 aromatic heterocycles. The van der Waals surface area contributed by atoms with Crippen LogP contribution in [0.2, 0.25) is 18.1 Å². The molecule has 0 saturated heterocycles. The lowest BCUT2D eigenvalue weighted by Crippen LogP contribution is -2.44. The molecule has 0 heterocycles. The first-order chi connectivity index (χ1) is 6.62. The molecule has 0 aliphatic carbocycles. The van der Waals surface area contributed by atoms with Gasteiger partial charge < -0.3 is 9.53 Å². The lowest BCUT2D eigenvalue weighted by molar-refractivity contribution is 0.122. The van der Waals surface area contributed by atoms with Gasteiger partial charge in [0.15, 0.2) is 8.32 Å². The van der Waals surface area contributed by atoms with Gasteiger partial charge in [-0.05, 0) is 37.4 Å². The maximum absolute atomic E-state index is 8.90. The SMILES string of the molecule is C[C@@H](CCO)[C@@H](C)O[Si](C)(C)C(C)(C)C. The fourth-order valence-corrected chi connectivity index (χ4v) is 2.71. The smallest absolute Gasteiger partial charge is 0.192 e. The van der Waals surface area contributed by atoms with Gasteiger partial charge in [-0.2, -0.15) is 0 Å². The van der Waals surface area contributed by atoms with Crippen molar-refractivity contribution in [1.82, 2.24) is 0 Å². The van der Waals surface area contributed by atoms with Gasteiger partial charge in [-0.25, -0.2) is 0 Å². The molecule has 0 radical (unpaired) electrons. The molecule has 2 nitrogen and oxygen atoms in total. The Kier molecular flexibility index (Phi) is 5.51. The first-order valence-corrected chi connectivity index (χ1v) is 8.81. The minimum Gasteiger partial charge on any atom is -0.414 e. The van der Waals surface area contributed by atoms with Crippen LogP contribution in [0.25, 0.3) is 0 Å². The molecular formula is C12H28O2Si. The summed E-state index contributed by atoms with van der Waals surface area (Å²) in [5.41, 5.74) is 0. The summed E-state index contributed by atoms with van der Waals surface area (Å²) in [5, 5.41) is 9.16. The zero-order valence-electron chi connectivity index (χ0n) is 11.4. The van der Waals surface area contributed by atoms with E-state index in [0.29, 0.717) is 5.92 Å².